The van der Waals surface area contributed by atoms with Crippen LogP contribution < -0.4 is 5.32 Å². The Labute approximate surface area is 182 Å². The van der Waals surface area contributed by atoms with Gasteiger partial charge in [0.25, 0.3) is 0 Å². The number of anilines is 1. The van der Waals surface area contributed by atoms with Gasteiger partial charge in [0.15, 0.2) is 0 Å². The highest BCUT2D eigenvalue weighted by atomic mass is 19.4. The Kier molecular flexibility index (Phi) is 6.47. The number of piperazine rings is 1. The molecule has 0 aliphatic carbocycles. The minimum Gasteiger partial charge on any atom is -0.323 e. The van der Waals surface area contributed by atoms with Crippen LogP contribution in [0.2, 0.25) is 0 Å². The second-order valence-electron chi connectivity index (χ2n) is 7.53. The summed E-state index contributed by atoms with van der Waals surface area (Å²) in [5.41, 5.74) is 0.676. The van der Waals surface area contributed by atoms with Crippen molar-refractivity contribution in [3.63, 3.8) is 0 Å². The second-order valence-corrected chi connectivity index (χ2v) is 7.53. The number of aromatic nitrogens is 4. The van der Waals surface area contributed by atoms with Crippen molar-refractivity contribution >= 4 is 11.6 Å². The molecule has 2 aromatic heterocycles. The van der Waals surface area contributed by atoms with Gasteiger partial charge in [-0.25, -0.2) is 9.67 Å². The van der Waals surface area contributed by atoms with Gasteiger partial charge in [-0.1, -0.05) is 0 Å². The van der Waals surface area contributed by atoms with Gasteiger partial charge in [0, 0.05) is 45.1 Å². The van der Waals surface area contributed by atoms with Crippen molar-refractivity contribution in [2.75, 3.05) is 38.0 Å². The van der Waals surface area contributed by atoms with Gasteiger partial charge >= 0.3 is 6.18 Å². The number of nitrogens with zero attached hydrogens (tertiary/aromatic N) is 6. The number of hydrogen-bond donors (Lipinski definition) is 1. The maximum atomic E-state index is 13.2. The Balaban J connectivity index is 1.38. The first kappa shape index (κ1) is 21.9. The Morgan fingerprint density at radius 3 is 2.38 bits per heavy atom. The zero-order chi connectivity index (χ0) is 22.6. The molecular weight excluding hydrogens is 423 g/mol. The van der Waals surface area contributed by atoms with E-state index in [1.165, 1.54) is 29.0 Å². The third kappa shape index (κ3) is 5.48. The number of halogens is 3. The highest BCUT2D eigenvalue weighted by Gasteiger charge is 2.31. The van der Waals surface area contributed by atoms with Crippen molar-refractivity contribution < 1.29 is 18.0 Å². The summed E-state index contributed by atoms with van der Waals surface area (Å²) in [6.07, 6.45) is 1.63. The number of pyridine rings is 1. The molecular formula is C21H22F3N7O. The smallest absolute Gasteiger partial charge is 0.323 e. The molecule has 0 saturated carbocycles. The van der Waals surface area contributed by atoms with Crippen LogP contribution in [0.25, 0.3) is 5.69 Å². The van der Waals surface area contributed by atoms with Gasteiger partial charge in [0.1, 0.15) is 12.7 Å². The Morgan fingerprint density at radius 1 is 1.00 bits per heavy atom. The summed E-state index contributed by atoms with van der Waals surface area (Å²) in [5.74, 6) is -0.381. The van der Waals surface area contributed by atoms with E-state index in [4.69, 9.17) is 0 Å². The Hall–Kier alpha value is -3.31. The quantitative estimate of drug-likeness (QED) is 0.628. The van der Waals surface area contributed by atoms with Gasteiger partial charge in [-0.05, 0) is 35.9 Å². The van der Waals surface area contributed by atoms with Gasteiger partial charge in [-0.3, -0.25) is 19.6 Å². The molecule has 11 heteroatoms. The maximum Gasteiger partial charge on any atom is 0.416 e. The minimum absolute atomic E-state index is 0.0339. The SMILES string of the molecule is O=C(CN1CCN(Cc2ccncc2)CC1)Nc1cc(C(F)(F)F)ccc1-n1cncn1. The number of hydrogen-bond acceptors (Lipinski definition) is 6. The van der Waals surface area contributed by atoms with Crippen molar-refractivity contribution in [1.82, 2.24) is 29.5 Å². The molecule has 32 heavy (non-hydrogen) atoms. The largest absolute Gasteiger partial charge is 0.416 e. The predicted octanol–water partition coefficient (Wildman–Crippen LogP) is 2.44. The fourth-order valence-corrected chi connectivity index (χ4v) is 3.59. The maximum absolute atomic E-state index is 13.2. The summed E-state index contributed by atoms with van der Waals surface area (Å²) in [5, 5.41) is 6.58. The van der Waals surface area contributed by atoms with Gasteiger partial charge < -0.3 is 5.32 Å². The minimum atomic E-state index is -4.52. The van der Waals surface area contributed by atoms with E-state index in [1.54, 1.807) is 12.4 Å². The molecule has 0 radical (unpaired) electrons. The average Bonchev–Trinajstić information content (AvgIpc) is 3.30. The summed E-state index contributed by atoms with van der Waals surface area (Å²) >= 11 is 0. The first-order chi connectivity index (χ1) is 15.4. The van der Waals surface area contributed by atoms with E-state index >= 15 is 0 Å². The van der Waals surface area contributed by atoms with Crippen LogP contribution in [0.4, 0.5) is 18.9 Å². The van der Waals surface area contributed by atoms with Crippen LogP contribution in [0.1, 0.15) is 11.1 Å². The molecule has 0 bridgehead atoms. The first-order valence-electron chi connectivity index (χ1n) is 10.1. The molecule has 168 valence electrons. The van der Waals surface area contributed by atoms with Crippen LogP contribution in [-0.4, -0.2) is 68.2 Å². The lowest BCUT2D eigenvalue weighted by Gasteiger charge is -2.34. The van der Waals surface area contributed by atoms with Gasteiger partial charge in [0.2, 0.25) is 5.91 Å². The molecule has 1 fully saturated rings. The zero-order valence-electron chi connectivity index (χ0n) is 17.2. The molecule has 1 aliphatic heterocycles. The number of carbonyl (C=O) groups excluding carboxylic acids is 1. The lowest BCUT2D eigenvalue weighted by atomic mass is 10.1. The zero-order valence-corrected chi connectivity index (χ0v) is 17.2. The van der Waals surface area contributed by atoms with Crippen molar-refractivity contribution in [2.24, 2.45) is 0 Å². The molecule has 3 aromatic rings. The average molecular weight is 445 g/mol. The van der Waals surface area contributed by atoms with Gasteiger partial charge in [-0.15, -0.1) is 0 Å². The van der Waals surface area contributed by atoms with E-state index in [9.17, 15) is 18.0 Å². The summed E-state index contributed by atoms with van der Waals surface area (Å²) in [6, 6.07) is 7.09. The van der Waals surface area contributed by atoms with Crippen molar-refractivity contribution in [3.8, 4) is 5.69 Å². The monoisotopic (exact) mass is 445 g/mol. The number of carbonyl (C=O) groups is 1. The molecule has 3 heterocycles. The molecule has 1 amide bonds. The first-order valence-corrected chi connectivity index (χ1v) is 10.1. The summed E-state index contributed by atoms with van der Waals surface area (Å²) in [6.45, 7) is 3.88. The van der Waals surface area contributed by atoms with Crippen LogP contribution in [0.5, 0.6) is 0 Å². The molecule has 8 nitrogen and oxygen atoms in total. The summed E-state index contributed by atoms with van der Waals surface area (Å²) in [4.78, 5) is 24.8. The van der Waals surface area contributed by atoms with Gasteiger partial charge in [-0.2, -0.15) is 18.3 Å². The van der Waals surface area contributed by atoms with Crippen LogP contribution in [0.15, 0.2) is 55.4 Å². The Morgan fingerprint density at radius 2 is 1.72 bits per heavy atom. The number of alkyl halides is 3. The number of rotatable bonds is 6. The molecule has 1 aromatic carbocycles. The molecule has 1 saturated heterocycles. The highest BCUT2D eigenvalue weighted by molar-refractivity contribution is 5.94. The number of nitrogens with one attached hydrogen (secondary N) is 1. The van der Waals surface area contributed by atoms with Gasteiger partial charge in [0.05, 0.1) is 23.5 Å². The third-order valence-corrected chi connectivity index (χ3v) is 5.25. The predicted molar refractivity (Wildman–Crippen MR) is 111 cm³/mol. The molecule has 0 atom stereocenters. The Bertz CT molecular complexity index is 1030. The normalized spacial score (nSPS) is 15.6. The van der Waals surface area contributed by atoms with Crippen molar-refractivity contribution in [1.29, 1.82) is 0 Å². The van der Waals surface area contributed by atoms with E-state index in [2.05, 4.69) is 25.3 Å². The molecule has 1 N–H and O–H groups in total. The van der Waals surface area contributed by atoms with Crippen LogP contribution in [0, 0.1) is 0 Å². The molecule has 1 aliphatic rings. The van der Waals surface area contributed by atoms with E-state index < -0.39 is 11.7 Å². The van der Waals surface area contributed by atoms with Crippen LogP contribution >= 0.6 is 0 Å². The fourth-order valence-electron chi connectivity index (χ4n) is 3.59. The van der Waals surface area contributed by atoms with E-state index in [1.807, 2.05) is 17.0 Å². The summed E-state index contributed by atoms with van der Waals surface area (Å²) in [7, 11) is 0. The lowest BCUT2D eigenvalue weighted by molar-refractivity contribution is -0.137. The fraction of sp³-hybridized carbons (Fsp3) is 0.333. The summed E-state index contributed by atoms with van der Waals surface area (Å²) < 4.78 is 40.9. The number of benzene rings is 1. The lowest BCUT2D eigenvalue weighted by Crippen LogP contribution is -2.48. The number of amides is 1. The second kappa shape index (κ2) is 9.45. The van der Waals surface area contributed by atoms with E-state index in [0.29, 0.717) is 18.8 Å². The van der Waals surface area contributed by atoms with Crippen LogP contribution in [-0.2, 0) is 17.5 Å². The molecule has 0 unspecified atom stereocenters. The topological polar surface area (TPSA) is 79.2 Å². The standard InChI is InChI=1S/C21H22F3N7O/c22-21(23,24)17-1-2-19(31-15-26-14-27-31)18(11-17)28-20(32)13-30-9-7-29(8-10-30)12-16-3-5-25-6-4-16/h1-6,11,14-15H,7-10,12-13H2,(H,28,32). The van der Waals surface area contributed by atoms with E-state index in [-0.39, 0.29) is 18.1 Å². The molecule has 4 rings (SSSR count). The van der Waals surface area contributed by atoms with E-state index in [0.717, 1.165) is 31.8 Å². The third-order valence-electron chi connectivity index (χ3n) is 5.25. The highest BCUT2D eigenvalue weighted by Crippen LogP contribution is 2.33. The van der Waals surface area contributed by atoms with Crippen molar-refractivity contribution in [2.45, 2.75) is 12.7 Å². The van der Waals surface area contributed by atoms with Crippen LogP contribution in [0.3, 0.4) is 0 Å². The molecule has 0 spiro atoms. The van der Waals surface area contributed by atoms with Crippen molar-refractivity contribution in [3.05, 3.63) is 66.5 Å².